The molecule has 0 aliphatic heterocycles. The molecule has 0 spiro atoms. The van der Waals surface area contributed by atoms with Gasteiger partial charge in [0.25, 0.3) is 0 Å². The van der Waals surface area contributed by atoms with Crippen LogP contribution in [0.15, 0.2) is 36.4 Å². The summed E-state index contributed by atoms with van der Waals surface area (Å²) >= 11 is 6.02. The molecule has 1 atom stereocenters. The fourth-order valence-corrected chi connectivity index (χ4v) is 2.25. The summed E-state index contributed by atoms with van der Waals surface area (Å²) in [6.07, 6.45) is 0. The maximum absolute atomic E-state index is 9.56. The van der Waals surface area contributed by atoms with E-state index in [1.54, 1.807) is 30.3 Å². The van der Waals surface area contributed by atoms with Gasteiger partial charge >= 0.3 is 0 Å². The van der Waals surface area contributed by atoms with Gasteiger partial charge in [-0.1, -0.05) is 11.6 Å². The number of benzene rings is 2. The lowest BCUT2D eigenvalue weighted by Crippen LogP contribution is -2.08. The van der Waals surface area contributed by atoms with E-state index in [2.05, 4.69) is 5.32 Å². The third kappa shape index (κ3) is 3.95. The number of anilines is 1. The summed E-state index contributed by atoms with van der Waals surface area (Å²) in [6, 6.07) is 9.71. The zero-order chi connectivity index (χ0) is 15.4. The van der Waals surface area contributed by atoms with Gasteiger partial charge < -0.3 is 20.3 Å². The van der Waals surface area contributed by atoms with Gasteiger partial charge in [-0.15, -0.1) is 0 Å². The first-order valence-corrected chi connectivity index (χ1v) is 7.09. The van der Waals surface area contributed by atoms with Gasteiger partial charge in [0.1, 0.15) is 17.2 Å². The highest BCUT2D eigenvalue weighted by Crippen LogP contribution is 2.32. The first-order chi connectivity index (χ1) is 9.99. The first-order valence-electron chi connectivity index (χ1n) is 6.71. The minimum Gasteiger partial charge on any atom is -0.508 e. The molecule has 0 saturated heterocycles. The molecule has 0 amide bonds. The summed E-state index contributed by atoms with van der Waals surface area (Å²) in [5.74, 6) is 0.752. The molecule has 0 aliphatic carbocycles. The highest BCUT2D eigenvalue weighted by atomic mass is 35.5. The predicted molar refractivity (Wildman–Crippen MR) is 84.4 cm³/mol. The molecule has 0 heterocycles. The predicted octanol–water partition coefficient (Wildman–Crippen LogP) is 4.32. The zero-order valence-corrected chi connectivity index (χ0v) is 12.7. The smallest absolute Gasteiger partial charge is 0.142 e. The number of phenols is 2. The van der Waals surface area contributed by atoms with Gasteiger partial charge in [-0.05, 0) is 49.7 Å². The number of halogens is 1. The third-order valence-corrected chi connectivity index (χ3v) is 3.27. The van der Waals surface area contributed by atoms with Gasteiger partial charge in [-0.3, -0.25) is 0 Å². The molecule has 0 aliphatic rings. The van der Waals surface area contributed by atoms with E-state index in [-0.39, 0.29) is 17.5 Å². The Morgan fingerprint density at radius 3 is 2.43 bits per heavy atom. The Kier molecular flexibility index (Phi) is 4.81. The Labute approximate surface area is 129 Å². The Morgan fingerprint density at radius 2 is 1.81 bits per heavy atom. The Bertz CT molecular complexity index is 611. The van der Waals surface area contributed by atoms with Gasteiger partial charge in [-0.2, -0.15) is 0 Å². The van der Waals surface area contributed by atoms with E-state index in [4.69, 9.17) is 16.3 Å². The molecular weight excluding hydrogens is 290 g/mol. The van der Waals surface area contributed by atoms with Crippen molar-refractivity contribution in [1.29, 1.82) is 0 Å². The number of hydrogen-bond acceptors (Lipinski definition) is 4. The Hall–Kier alpha value is -2.07. The van der Waals surface area contributed by atoms with Crippen molar-refractivity contribution in [3.8, 4) is 17.2 Å². The van der Waals surface area contributed by atoms with Crippen molar-refractivity contribution in [2.75, 3.05) is 11.9 Å². The lowest BCUT2D eigenvalue weighted by Gasteiger charge is -2.19. The van der Waals surface area contributed by atoms with E-state index >= 15 is 0 Å². The van der Waals surface area contributed by atoms with Crippen molar-refractivity contribution in [1.82, 2.24) is 0 Å². The van der Waals surface area contributed by atoms with Crippen LogP contribution in [0.4, 0.5) is 5.69 Å². The number of nitrogens with one attached hydrogen (secondary N) is 1. The van der Waals surface area contributed by atoms with E-state index in [0.29, 0.717) is 17.4 Å². The number of ether oxygens (including phenoxy) is 1. The van der Waals surface area contributed by atoms with Crippen LogP contribution in [-0.2, 0) is 0 Å². The molecule has 0 radical (unpaired) electrons. The fraction of sp³-hybridized carbons (Fsp3) is 0.250. The second-order valence-corrected chi connectivity index (χ2v) is 5.16. The maximum atomic E-state index is 9.56. The molecule has 0 aromatic heterocycles. The molecule has 5 heteroatoms. The molecular formula is C16H18ClNO3. The van der Waals surface area contributed by atoms with Gasteiger partial charge in [0.2, 0.25) is 0 Å². The Balaban J connectivity index is 2.26. The van der Waals surface area contributed by atoms with Crippen molar-refractivity contribution in [3.05, 3.63) is 47.0 Å². The van der Waals surface area contributed by atoms with Crippen molar-refractivity contribution in [2.45, 2.75) is 19.9 Å². The normalized spacial score (nSPS) is 12.0. The van der Waals surface area contributed by atoms with Crippen LogP contribution in [-0.4, -0.2) is 16.8 Å². The van der Waals surface area contributed by atoms with Crippen LogP contribution < -0.4 is 10.1 Å². The number of phenolic OH excluding ortho intramolecular Hbond substituents is 2. The molecule has 3 N–H and O–H groups in total. The summed E-state index contributed by atoms with van der Waals surface area (Å²) in [5, 5.41) is 23.0. The summed E-state index contributed by atoms with van der Waals surface area (Å²) in [6.45, 7) is 4.39. The quantitative estimate of drug-likeness (QED) is 0.769. The summed E-state index contributed by atoms with van der Waals surface area (Å²) in [4.78, 5) is 0. The summed E-state index contributed by atoms with van der Waals surface area (Å²) in [5.41, 5.74) is 1.52. The molecule has 0 bridgehead atoms. The molecule has 2 aromatic rings. The van der Waals surface area contributed by atoms with Crippen molar-refractivity contribution in [3.63, 3.8) is 0 Å². The molecule has 0 fully saturated rings. The highest BCUT2D eigenvalue weighted by Gasteiger charge is 2.11. The van der Waals surface area contributed by atoms with E-state index in [1.807, 2.05) is 13.8 Å². The molecule has 1 unspecified atom stereocenters. The lowest BCUT2D eigenvalue weighted by atomic mass is 10.1. The highest BCUT2D eigenvalue weighted by molar-refractivity contribution is 6.30. The van der Waals surface area contributed by atoms with Crippen LogP contribution in [0.2, 0.25) is 5.02 Å². The summed E-state index contributed by atoms with van der Waals surface area (Å²) < 4.78 is 5.56. The number of rotatable bonds is 5. The minimum absolute atomic E-state index is 0.0229. The standard InChI is InChI=1S/C16H18ClNO3/c1-3-21-16-5-4-12(17)8-15(16)18-10(2)11-6-13(19)9-14(20)7-11/h4-10,18-20H,3H2,1-2H3. The van der Waals surface area contributed by atoms with Gasteiger partial charge in [0.15, 0.2) is 0 Å². The second kappa shape index (κ2) is 6.59. The van der Waals surface area contributed by atoms with Gasteiger partial charge in [0, 0.05) is 17.1 Å². The third-order valence-electron chi connectivity index (χ3n) is 3.04. The maximum Gasteiger partial charge on any atom is 0.142 e. The van der Waals surface area contributed by atoms with Crippen molar-refractivity contribution >= 4 is 17.3 Å². The second-order valence-electron chi connectivity index (χ2n) is 4.72. The number of hydrogen-bond donors (Lipinski definition) is 3. The van der Waals surface area contributed by atoms with Crippen molar-refractivity contribution < 1.29 is 14.9 Å². The van der Waals surface area contributed by atoms with Crippen LogP contribution in [0, 0.1) is 0 Å². The van der Waals surface area contributed by atoms with Crippen LogP contribution in [0.3, 0.4) is 0 Å². The van der Waals surface area contributed by atoms with Crippen molar-refractivity contribution in [2.24, 2.45) is 0 Å². The average Bonchev–Trinajstić information content (AvgIpc) is 2.41. The van der Waals surface area contributed by atoms with Crippen LogP contribution in [0.25, 0.3) is 0 Å². The Morgan fingerprint density at radius 1 is 1.14 bits per heavy atom. The van der Waals surface area contributed by atoms with Crippen LogP contribution >= 0.6 is 11.6 Å². The largest absolute Gasteiger partial charge is 0.508 e. The SMILES string of the molecule is CCOc1ccc(Cl)cc1NC(C)c1cc(O)cc(O)c1. The fourth-order valence-electron chi connectivity index (χ4n) is 2.08. The molecule has 112 valence electrons. The molecule has 2 rings (SSSR count). The average molecular weight is 308 g/mol. The molecule has 4 nitrogen and oxygen atoms in total. The molecule has 0 saturated carbocycles. The van der Waals surface area contributed by atoms with Gasteiger partial charge in [0.05, 0.1) is 12.3 Å². The van der Waals surface area contributed by atoms with Crippen LogP contribution in [0.1, 0.15) is 25.5 Å². The molecule has 21 heavy (non-hydrogen) atoms. The first kappa shape index (κ1) is 15.3. The summed E-state index contributed by atoms with van der Waals surface area (Å²) in [7, 11) is 0. The topological polar surface area (TPSA) is 61.7 Å². The lowest BCUT2D eigenvalue weighted by molar-refractivity contribution is 0.341. The monoisotopic (exact) mass is 307 g/mol. The van der Waals surface area contributed by atoms with E-state index in [1.165, 1.54) is 6.07 Å². The van der Waals surface area contributed by atoms with E-state index < -0.39 is 0 Å². The van der Waals surface area contributed by atoms with E-state index in [0.717, 1.165) is 11.3 Å². The van der Waals surface area contributed by atoms with Gasteiger partial charge in [-0.25, -0.2) is 0 Å². The van der Waals surface area contributed by atoms with Crippen LogP contribution in [0.5, 0.6) is 17.2 Å². The minimum atomic E-state index is -0.138. The zero-order valence-electron chi connectivity index (χ0n) is 11.9. The van der Waals surface area contributed by atoms with E-state index in [9.17, 15) is 10.2 Å². The number of aromatic hydroxyl groups is 2. The molecule has 2 aromatic carbocycles.